The zero-order valence-corrected chi connectivity index (χ0v) is 9.92. The second kappa shape index (κ2) is 3.77. The molecule has 4 heteroatoms. The Hall–Kier alpha value is -1.58. The predicted octanol–water partition coefficient (Wildman–Crippen LogP) is 2.17. The Morgan fingerprint density at radius 3 is 3.00 bits per heavy atom. The van der Waals surface area contributed by atoms with Gasteiger partial charge in [0.25, 0.3) is 0 Å². The van der Waals surface area contributed by atoms with Gasteiger partial charge in [-0.05, 0) is 31.9 Å². The summed E-state index contributed by atoms with van der Waals surface area (Å²) in [6, 6.07) is 1.90. The lowest BCUT2D eigenvalue weighted by Gasteiger charge is -2.23. The van der Waals surface area contributed by atoms with E-state index in [9.17, 15) is 4.79 Å². The summed E-state index contributed by atoms with van der Waals surface area (Å²) in [6.07, 6.45) is 2.56. The molecule has 0 fully saturated rings. The lowest BCUT2D eigenvalue weighted by atomic mass is 9.86. The maximum absolute atomic E-state index is 12.1. The van der Waals surface area contributed by atoms with Gasteiger partial charge in [-0.15, -0.1) is 0 Å². The predicted molar refractivity (Wildman–Crippen MR) is 64.5 cm³/mol. The van der Waals surface area contributed by atoms with E-state index in [2.05, 4.69) is 15.6 Å². The second-order valence-electron chi connectivity index (χ2n) is 4.57. The molecule has 2 rings (SSSR count). The van der Waals surface area contributed by atoms with Gasteiger partial charge in [0.05, 0.1) is 11.1 Å². The summed E-state index contributed by atoms with van der Waals surface area (Å²) in [4.78, 5) is 16.4. The number of aromatic nitrogens is 1. The maximum atomic E-state index is 12.1. The molecule has 1 unspecified atom stereocenters. The molecule has 1 atom stereocenters. The Morgan fingerprint density at radius 2 is 2.31 bits per heavy atom. The number of pyridine rings is 1. The van der Waals surface area contributed by atoms with Crippen molar-refractivity contribution in [3.05, 3.63) is 17.8 Å². The number of hydrogen-bond acceptors (Lipinski definition) is 3. The molecule has 0 bridgehead atoms. The van der Waals surface area contributed by atoms with Gasteiger partial charge in [0.15, 0.2) is 0 Å². The monoisotopic (exact) mass is 219 g/mol. The number of fused-ring (bicyclic) bond motifs is 1. The highest BCUT2D eigenvalue weighted by Crippen LogP contribution is 2.32. The molecule has 0 spiro atoms. The van der Waals surface area contributed by atoms with Crippen molar-refractivity contribution in [3.63, 3.8) is 0 Å². The Kier molecular flexibility index (Phi) is 2.58. The molecule has 2 heterocycles. The standard InChI is InChI=1S/C12H17N3O/c1-4-12(3)7-14-10-9(15-11(12)16)8(2)5-6-13-10/h5-6H,4,7H2,1-3H3,(H,13,14)(H,15,16). The summed E-state index contributed by atoms with van der Waals surface area (Å²) in [5, 5.41) is 6.21. The highest BCUT2D eigenvalue weighted by atomic mass is 16.2. The number of amides is 1. The molecule has 1 aromatic heterocycles. The normalized spacial score (nSPS) is 24.1. The maximum Gasteiger partial charge on any atom is 0.232 e. The molecule has 86 valence electrons. The fourth-order valence-electron chi connectivity index (χ4n) is 1.76. The van der Waals surface area contributed by atoms with Crippen LogP contribution in [-0.2, 0) is 4.79 Å². The van der Waals surface area contributed by atoms with Gasteiger partial charge in [0, 0.05) is 12.7 Å². The van der Waals surface area contributed by atoms with Crippen molar-refractivity contribution in [1.82, 2.24) is 4.98 Å². The lowest BCUT2D eigenvalue weighted by molar-refractivity contribution is -0.124. The summed E-state index contributed by atoms with van der Waals surface area (Å²) in [5.74, 6) is 0.836. The Bertz CT molecular complexity index is 430. The van der Waals surface area contributed by atoms with Crippen molar-refractivity contribution in [2.75, 3.05) is 17.2 Å². The number of nitrogens with zero attached hydrogens (tertiary/aromatic N) is 1. The Morgan fingerprint density at radius 1 is 1.56 bits per heavy atom. The topological polar surface area (TPSA) is 54.0 Å². The van der Waals surface area contributed by atoms with E-state index in [1.165, 1.54) is 0 Å². The Balaban J connectivity index is 2.41. The van der Waals surface area contributed by atoms with E-state index in [0.717, 1.165) is 23.5 Å². The summed E-state index contributed by atoms with van der Waals surface area (Å²) in [7, 11) is 0. The van der Waals surface area contributed by atoms with Gasteiger partial charge < -0.3 is 10.6 Å². The Labute approximate surface area is 95.5 Å². The largest absolute Gasteiger partial charge is 0.367 e. The fraction of sp³-hybridized carbons (Fsp3) is 0.500. The average Bonchev–Trinajstić information content (AvgIpc) is 2.40. The third-order valence-electron chi connectivity index (χ3n) is 3.37. The van der Waals surface area contributed by atoms with Gasteiger partial charge >= 0.3 is 0 Å². The first-order valence-corrected chi connectivity index (χ1v) is 5.58. The molecule has 1 aromatic rings. The molecule has 0 saturated carbocycles. The highest BCUT2D eigenvalue weighted by Gasteiger charge is 2.34. The molecule has 0 aromatic carbocycles. The van der Waals surface area contributed by atoms with E-state index in [1.807, 2.05) is 26.8 Å². The van der Waals surface area contributed by atoms with Crippen LogP contribution in [0.3, 0.4) is 0 Å². The molecule has 0 aliphatic carbocycles. The number of carbonyl (C=O) groups is 1. The molecule has 16 heavy (non-hydrogen) atoms. The van der Waals surface area contributed by atoms with Crippen LogP contribution in [0.1, 0.15) is 25.8 Å². The molecule has 2 N–H and O–H groups in total. The van der Waals surface area contributed by atoms with Crippen LogP contribution in [0.4, 0.5) is 11.5 Å². The quantitative estimate of drug-likeness (QED) is 0.761. The highest BCUT2D eigenvalue weighted by molar-refractivity contribution is 5.99. The number of nitrogens with one attached hydrogen (secondary N) is 2. The van der Waals surface area contributed by atoms with Gasteiger partial charge in [0.1, 0.15) is 5.82 Å². The van der Waals surface area contributed by atoms with Gasteiger partial charge in [-0.1, -0.05) is 6.92 Å². The molecular formula is C12H17N3O. The molecule has 4 nitrogen and oxygen atoms in total. The minimum absolute atomic E-state index is 0.0670. The zero-order valence-electron chi connectivity index (χ0n) is 9.92. The lowest BCUT2D eigenvalue weighted by Crippen LogP contribution is -2.36. The zero-order chi connectivity index (χ0) is 11.8. The van der Waals surface area contributed by atoms with Crippen molar-refractivity contribution in [1.29, 1.82) is 0 Å². The van der Waals surface area contributed by atoms with Crippen LogP contribution >= 0.6 is 0 Å². The average molecular weight is 219 g/mol. The van der Waals surface area contributed by atoms with Crippen LogP contribution < -0.4 is 10.6 Å². The van der Waals surface area contributed by atoms with E-state index in [-0.39, 0.29) is 11.3 Å². The van der Waals surface area contributed by atoms with Crippen molar-refractivity contribution >= 4 is 17.4 Å². The summed E-state index contributed by atoms with van der Waals surface area (Å²) in [6.45, 7) is 6.59. The SMILES string of the molecule is CCC1(C)CNc2nccc(C)c2NC1=O. The van der Waals surface area contributed by atoms with Gasteiger partial charge in [-0.25, -0.2) is 4.98 Å². The van der Waals surface area contributed by atoms with Crippen LogP contribution in [0.25, 0.3) is 0 Å². The van der Waals surface area contributed by atoms with Crippen LogP contribution in [0.2, 0.25) is 0 Å². The van der Waals surface area contributed by atoms with Gasteiger partial charge in [-0.3, -0.25) is 4.79 Å². The first kappa shape index (κ1) is 10.9. The molecule has 1 amide bonds. The number of hydrogen-bond donors (Lipinski definition) is 2. The number of rotatable bonds is 1. The van der Waals surface area contributed by atoms with E-state index >= 15 is 0 Å². The van der Waals surface area contributed by atoms with E-state index in [4.69, 9.17) is 0 Å². The smallest absolute Gasteiger partial charge is 0.232 e. The van der Waals surface area contributed by atoms with Crippen molar-refractivity contribution in [2.24, 2.45) is 5.41 Å². The van der Waals surface area contributed by atoms with Crippen molar-refractivity contribution in [2.45, 2.75) is 27.2 Å². The third-order valence-corrected chi connectivity index (χ3v) is 3.37. The second-order valence-corrected chi connectivity index (χ2v) is 4.57. The molecule has 1 aliphatic heterocycles. The minimum Gasteiger partial charge on any atom is -0.367 e. The number of aryl methyl sites for hydroxylation is 1. The van der Waals surface area contributed by atoms with Crippen LogP contribution in [0, 0.1) is 12.3 Å². The number of carbonyl (C=O) groups excluding carboxylic acids is 1. The van der Waals surface area contributed by atoms with Gasteiger partial charge in [0.2, 0.25) is 5.91 Å². The van der Waals surface area contributed by atoms with E-state index in [0.29, 0.717) is 6.54 Å². The first-order valence-electron chi connectivity index (χ1n) is 5.58. The van der Waals surface area contributed by atoms with Crippen LogP contribution in [0.5, 0.6) is 0 Å². The molecule has 0 radical (unpaired) electrons. The summed E-state index contributed by atoms with van der Waals surface area (Å²) in [5.41, 5.74) is 1.48. The first-order chi connectivity index (χ1) is 7.57. The molecule has 0 saturated heterocycles. The minimum atomic E-state index is -0.368. The summed E-state index contributed by atoms with van der Waals surface area (Å²) >= 11 is 0. The fourth-order valence-corrected chi connectivity index (χ4v) is 1.76. The summed E-state index contributed by atoms with van der Waals surface area (Å²) < 4.78 is 0. The van der Waals surface area contributed by atoms with Crippen LogP contribution in [-0.4, -0.2) is 17.4 Å². The number of anilines is 2. The van der Waals surface area contributed by atoms with E-state index < -0.39 is 0 Å². The molecule has 1 aliphatic rings. The molecular weight excluding hydrogens is 202 g/mol. The van der Waals surface area contributed by atoms with Crippen molar-refractivity contribution < 1.29 is 4.79 Å². The van der Waals surface area contributed by atoms with Crippen molar-refractivity contribution in [3.8, 4) is 0 Å². The van der Waals surface area contributed by atoms with E-state index in [1.54, 1.807) is 6.20 Å². The van der Waals surface area contributed by atoms with Crippen LogP contribution in [0.15, 0.2) is 12.3 Å². The third kappa shape index (κ3) is 1.64. The van der Waals surface area contributed by atoms with Gasteiger partial charge in [-0.2, -0.15) is 0 Å².